The minimum atomic E-state index is -0.583. The van der Waals surface area contributed by atoms with Gasteiger partial charge in [-0.1, -0.05) is 24.3 Å². The minimum Gasteiger partial charge on any atom is -0.348 e. The van der Waals surface area contributed by atoms with Crippen molar-refractivity contribution < 1.29 is 14.4 Å². The molecule has 1 aromatic rings. The maximum absolute atomic E-state index is 12.3. The van der Waals surface area contributed by atoms with Gasteiger partial charge in [0.1, 0.15) is 6.54 Å². The predicted molar refractivity (Wildman–Crippen MR) is 84.5 cm³/mol. The van der Waals surface area contributed by atoms with Crippen LogP contribution in [0.2, 0.25) is 0 Å². The second-order valence-corrected chi connectivity index (χ2v) is 5.97. The summed E-state index contributed by atoms with van der Waals surface area (Å²) >= 11 is 0. The Morgan fingerprint density at radius 2 is 1.87 bits per heavy atom. The maximum Gasteiger partial charge on any atom is 0.312 e. The lowest BCUT2D eigenvalue weighted by Gasteiger charge is -2.32. The molecule has 0 saturated carbocycles. The number of rotatable bonds is 4. The third-order valence-corrected chi connectivity index (χ3v) is 4.58. The number of fused-ring (bicyclic) bond motifs is 1. The van der Waals surface area contributed by atoms with Gasteiger partial charge in [0.2, 0.25) is 5.91 Å². The van der Waals surface area contributed by atoms with E-state index in [4.69, 9.17) is 0 Å². The summed E-state index contributed by atoms with van der Waals surface area (Å²) in [5, 5.41) is 2.99. The molecule has 1 N–H and O–H groups in total. The smallest absolute Gasteiger partial charge is 0.312 e. The number of hydrogen-bond acceptors (Lipinski definition) is 3. The molecular formula is C17H21N3O3. The average molecular weight is 315 g/mol. The first-order chi connectivity index (χ1) is 11.1. The molecule has 1 atom stereocenters. The second kappa shape index (κ2) is 6.40. The highest BCUT2D eigenvalue weighted by Gasteiger charge is 2.33. The average Bonchev–Trinajstić information content (AvgIpc) is 2.95. The summed E-state index contributed by atoms with van der Waals surface area (Å²) < 4.78 is 0. The summed E-state index contributed by atoms with van der Waals surface area (Å²) in [6.07, 6.45) is 1.83. The predicted octanol–water partition coefficient (Wildman–Crippen LogP) is 0.481. The fourth-order valence-electron chi connectivity index (χ4n) is 3.29. The van der Waals surface area contributed by atoms with E-state index in [1.165, 1.54) is 15.4 Å². The fraction of sp³-hybridized carbons (Fsp3) is 0.471. The molecule has 0 bridgehead atoms. The molecule has 3 rings (SSSR count). The van der Waals surface area contributed by atoms with E-state index in [1.807, 2.05) is 25.1 Å². The quantitative estimate of drug-likeness (QED) is 0.822. The molecular weight excluding hydrogens is 294 g/mol. The van der Waals surface area contributed by atoms with Gasteiger partial charge in [-0.05, 0) is 30.9 Å². The third kappa shape index (κ3) is 3.06. The number of likely N-dealkylation sites (N-methyl/N-ethyl adjacent to an activating group) is 1. The van der Waals surface area contributed by atoms with Crippen LogP contribution in [-0.2, 0) is 20.8 Å². The van der Waals surface area contributed by atoms with Crippen LogP contribution >= 0.6 is 0 Å². The summed E-state index contributed by atoms with van der Waals surface area (Å²) in [5.41, 5.74) is 2.42. The number of carbonyl (C=O) groups excluding carboxylic acids is 3. The van der Waals surface area contributed by atoms with E-state index < -0.39 is 11.8 Å². The molecule has 0 radical (unpaired) electrons. The van der Waals surface area contributed by atoms with Crippen LogP contribution in [0.1, 0.15) is 30.5 Å². The Balaban J connectivity index is 1.58. The molecule has 1 aromatic carbocycles. The second-order valence-electron chi connectivity index (χ2n) is 5.97. The van der Waals surface area contributed by atoms with E-state index >= 15 is 0 Å². The Hall–Kier alpha value is -2.37. The summed E-state index contributed by atoms with van der Waals surface area (Å²) in [5.74, 6) is -1.31. The van der Waals surface area contributed by atoms with Crippen LogP contribution in [-0.4, -0.2) is 53.7 Å². The van der Waals surface area contributed by atoms with Gasteiger partial charge in [0, 0.05) is 19.6 Å². The molecule has 23 heavy (non-hydrogen) atoms. The number of piperazine rings is 1. The van der Waals surface area contributed by atoms with Crippen LogP contribution in [0, 0.1) is 0 Å². The fourth-order valence-corrected chi connectivity index (χ4v) is 3.29. The number of carbonyl (C=O) groups is 3. The van der Waals surface area contributed by atoms with Gasteiger partial charge in [-0.3, -0.25) is 14.4 Å². The molecule has 6 heteroatoms. The zero-order valence-corrected chi connectivity index (χ0v) is 13.2. The van der Waals surface area contributed by atoms with E-state index in [1.54, 1.807) is 0 Å². The van der Waals surface area contributed by atoms with Gasteiger partial charge in [-0.25, -0.2) is 0 Å². The molecule has 0 spiro atoms. The highest BCUT2D eigenvalue weighted by molar-refractivity contribution is 6.35. The third-order valence-electron chi connectivity index (χ3n) is 4.58. The van der Waals surface area contributed by atoms with E-state index in [0.29, 0.717) is 19.6 Å². The van der Waals surface area contributed by atoms with Crippen LogP contribution in [0.4, 0.5) is 0 Å². The summed E-state index contributed by atoms with van der Waals surface area (Å²) in [6.45, 7) is 3.20. The zero-order chi connectivity index (χ0) is 16.4. The SMILES string of the molecule is CCN1CCN(CC(=O)NC2CCc3ccccc32)C(=O)C1=O. The van der Waals surface area contributed by atoms with E-state index in [-0.39, 0.29) is 18.5 Å². The lowest BCUT2D eigenvalue weighted by molar-refractivity contribution is -0.156. The molecule has 1 heterocycles. The van der Waals surface area contributed by atoms with Crippen LogP contribution in [0.15, 0.2) is 24.3 Å². The Morgan fingerprint density at radius 1 is 1.17 bits per heavy atom. The Bertz CT molecular complexity index is 644. The molecule has 3 amide bonds. The first-order valence-electron chi connectivity index (χ1n) is 8.05. The van der Waals surface area contributed by atoms with Gasteiger partial charge in [0.25, 0.3) is 0 Å². The van der Waals surface area contributed by atoms with Gasteiger partial charge < -0.3 is 15.1 Å². The van der Waals surface area contributed by atoms with E-state index in [9.17, 15) is 14.4 Å². The molecule has 2 aliphatic rings. The van der Waals surface area contributed by atoms with Crippen LogP contribution < -0.4 is 5.32 Å². The van der Waals surface area contributed by atoms with Crippen molar-refractivity contribution in [3.05, 3.63) is 35.4 Å². The normalized spacial score (nSPS) is 20.7. The van der Waals surface area contributed by atoms with Crippen molar-refractivity contribution >= 4 is 17.7 Å². The van der Waals surface area contributed by atoms with Gasteiger partial charge in [0.15, 0.2) is 0 Å². The highest BCUT2D eigenvalue weighted by atomic mass is 16.2. The van der Waals surface area contributed by atoms with Crippen LogP contribution in [0.5, 0.6) is 0 Å². The van der Waals surface area contributed by atoms with Crippen molar-refractivity contribution in [1.29, 1.82) is 0 Å². The molecule has 1 aliphatic carbocycles. The van der Waals surface area contributed by atoms with Crippen LogP contribution in [0.25, 0.3) is 0 Å². The lowest BCUT2D eigenvalue weighted by Crippen LogP contribution is -2.56. The van der Waals surface area contributed by atoms with Gasteiger partial charge >= 0.3 is 11.8 Å². The van der Waals surface area contributed by atoms with Crippen molar-refractivity contribution in [2.75, 3.05) is 26.2 Å². The topological polar surface area (TPSA) is 69.7 Å². The number of benzene rings is 1. The zero-order valence-electron chi connectivity index (χ0n) is 13.2. The number of aryl methyl sites for hydroxylation is 1. The molecule has 6 nitrogen and oxygen atoms in total. The molecule has 0 aromatic heterocycles. The van der Waals surface area contributed by atoms with Gasteiger partial charge in [0.05, 0.1) is 6.04 Å². The number of nitrogens with one attached hydrogen (secondary N) is 1. The first-order valence-corrected chi connectivity index (χ1v) is 8.05. The van der Waals surface area contributed by atoms with E-state index in [2.05, 4.69) is 11.4 Å². The minimum absolute atomic E-state index is 0.00133. The Labute approximate surface area is 135 Å². The summed E-state index contributed by atoms with van der Waals surface area (Å²) in [7, 11) is 0. The number of nitrogens with zero attached hydrogens (tertiary/aromatic N) is 2. The van der Waals surface area contributed by atoms with Crippen LogP contribution in [0.3, 0.4) is 0 Å². The van der Waals surface area contributed by atoms with Crippen molar-refractivity contribution in [2.24, 2.45) is 0 Å². The molecule has 1 fully saturated rings. The molecule has 1 aliphatic heterocycles. The standard InChI is InChI=1S/C17H21N3O3/c1-2-19-9-10-20(17(23)16(19)22)11-15(21)18-14-8-7-12-5-3-4-6-13(12)14/h3-6,14H,2,7-11H2,1H3,(H,18,21). The van der Waals surface area contributed by atoms with Gasteiger partial charge in [-0.15, -0.1) is 0 Å². The van der Waals surface area contributed by atoms with Crippen molar-refractivity contribution in [2.45, 2.75) is 25.8 Å². The maximum atomic E-state index is 12.3. The largest absolute Gasteiger partial charge is 0.348 e. The lowest BCUT2D eigenvalue weighted by atomic mass is 10.1. The number of hydrogen-bond donors (Lipinski definition) is 1. The first kappa shape index (κ1) is 15.5. The summed E-state index contributed by atoms with van der Waals surface area (Å²) in [6, 6.07) is 8.08. The van der Waals surface area contributed by atoms with Crippen molar-refractivity contribution in [1.82, 2.24) is 15.1 Å². The highest BCUT2D eigenvalue weighted by Crippen LogP contribution is 2.30. The van der Waals surface area contributed by atoms with E-state index in [0.717, 1.165) is 18.4 Å². The monoisotopic (exact) mass is 315 g/mol. The summed E-state index contributed by atoms with van der Waals surface area (Å²) in [4.78, 5) is 39.0. The molecule has 1 unspecified atom stereocenters. The van der Waals surface area contributed by atoms with Crippen molar-refractivity contribution in [3.8, 4) is 0 Å². The Kier molecular flexibility index (Phi) is 4.32. The Morgan fingerprint density at radius 3 is 2.65 bits per heavy atom. The van der Waals surface area contributed by atoms with Crippen molar-refractivity contribution in [3.63, 3.8) is 0 Å². The molecule has 1 saturated heterocycles. The number of amides is 3. The van der Waals surface area contributed by atoms with Gasteiger partial charge in [-0.2, -0.15) is 0 Å². The molecule has 122 valence electrons.